The zero-order valence-corrected chi connectivity index (χ0v) is 12.1. The third-order valence-electron chi connectivity index (χ3n) is 3.52. The van der Waals surface area contributed by atoms with Crippen molar-refractivity contribution in [2.24, 2.45) is 0 Å². The second-order valence-corrected chi connectivity index (χ2v) is 5.97. The SMILES string of the molecule is CCCc1ncc(C(=O)N2CCNC(C)C2C)s1. The van der Waals surface area contributed by atoms with Crippen LogP contribution in [0.25, 0.3) is 0 Å². The summed E-state index contributed by atoms with van der Waals surface area (Å²) in [5.74, 6) is 0.135. The van der Waals surface area contributed by atoms with Crippen LogP contribution < -0.4 is 5.32 Å². The Morgan fingerprint density at radius 1 is 1.61 bits per heavy atom. The number of thiazole rings is 1. The Morgan fingerprint density at radius 2 is 2.39 bits per heavy atom. The van der Waals surface area contributed by atoms with Gasteiger partial charge < -0.3 is 10.2 Å². The summed E-state index contributed by atoms with van der Waals surface area (Å²) in [5, 5.41) is 4.45. The largest absolute Gasteiger partial charge is 0.332 e. The lowest BCUT2D eigenvalue weighted by Crippen LogP contribution is -2.57. The minimum Gasteiger partial charge on any atom is -0.332 e. The molecule has 1 amide bonds. The van der Waals surface area contributed by atoms with E-state index in [0.29, 0.717) is 6.04 Å². The van der Waals surface area contributed by atoms with Gasteiger partial charge >= 0.3 is 0 Å². The number of aryl methyl sites for hydroxylation is 1. The zero-order valence-electron chi connectivity index (χ0n) is 11.3. The van der Waals surface area contributed by atoms with Crippen LogP contribution in [0.1, 0.15) is 41.9 Å². The van der Waals surface area contributed by atoms with E-state index in [9.17, 15) is 4.79 Å². The van der Waals surface area contributed by atoms with Gasteiger partial charge in [0.2, 0.25) is 0 Å². The molecule has 18 heavy (non-hydrogen) atoms. The standard InChI is InChI=1S/C13H21N3OS/c1-4-5-12-15-8-11(18-12)13(17)16-7-6-14-9(2)10(16)3/h8-10,14H,4-7H2,1-3H3. The molecular formula is C13H21N3OS. The predicted octanol–water partition coefficient (Wildman–Crippen LogP) is 1.92. The molecule has 0 spiro atoms. The van der Waals surface area contributed by atoms with Crippen LogP contribution in [0.15, 0.2) is 6.20 Å². The summed E-state index contributed by atoms with van der Waals surface area (Å²) >= 11 is 1.54. The van der Waals surface area contributed by atoms with Crippen LogP contribution in [0.5, 0.6) is 0 Å². The molecule has 1 aliphatic heterocycles. The number of piperazine rings is 1. The first-order chi connectivity index (χ1) is 8.63. The first-order valence-corrected chi connectivity index (χ1v) is 7.44. The first kappa shape index (κ1) is 13.5. The lowest BCUT2D eigenvalue weighted by molar-refractivity contribution is 0.0607. The summed E-state index contributed by atoms with van der Waals surface area (Å²) in [5.41, 5.74) is 0. The molecule has 0 radical (unpaired) electrons. The normalized spacial score (nSPS) is 24.3. The summed E-state index contributed by atoms with van der Waals surface area (Å²) in [6, 6.07) is 0.591. The minimum absolute atomic E-state index is 0.135. The number of carbonyl (C=O) groups excluding carboxylic acids is 1. The van der Waals surface area contributed by atoms with Crippen molar-refractivity contribution in [1.29, 1.82) is 0 Å². The van der Waals surface area contributed by atoms with Crippen molar-refractivity contribution in [2.75, 3.05) is 13.1 Å². The van der Waals surface area contributed by atoms with Crippen LogP contribution in [0.3, 0.4) is 0 Å². The maximum Gasteiger partial charge on any atom is 0.265 e. The third kappa shape index (κ3) is 2.72. The average Bonchev–Trinajstić information content (AvgIpc) is 2.81. The second-order valence-electron chi connectivity index (χ2n) is 4.85. The number of nitrogens with zero attached hydrogens (tertiary/aromatic N) is 2. The Morgan fingerprint density at radius 3 is 3.11 bits per heavy atom. The Hall–Kier alpha value is -0.940. The second kappa shape index (κ2) is 5.80. The molecule has 100 valence electrons. The van der Waals surface area contributed by atoms with E-state index >= 15 is 0 Å². The molecule has 1 aromatic heterocycles. The van der Waals surface area contributed by atoms with E-state index in [0.717, 1.165) is 35.8 Å². The van der Waals surface area contributed by atoms with Crippen molar-refractivity contribution in [3.8, 4) is 0 Å². The number of hydrogen-bond donors (Lipinski definition) is 1. The van der Waals surface area contributed by atoms with Crippen LogP contribution in [0, 0.1) is 0 Å². The van der Waals surface area contributed by atoms with Crippen molar-refractivity contribution in [2.45, 2.75) is 45.7 Å². The number of nitrogens with one attached hydrogen (secondary N) is 1. The van der Waals surface area contributed by atoms with Gasteiger partial charge in [0, 0.05) is 25.2 Å². The summed E-state index contributed by atoms with van der Waals surface area (Å²) < 4.78 is 0. The third-order valence-corrected chi connectivity index (χ3v) is 4.57. The average molecular weight is 267 g/mol. The topological polar surface area (TPSA) is 45.2 Å². The number of hydrogen-bond acceptors (Lipinski definition) is 4. The molecule has 1 fully saturated rings. The quantitative estimate of drug-likeness (QED) is 0.910. The Labute approximate surface area is 112 Å². The van der Waals surface area contributed by atoms with Crippen molar-refractivity contribution in [1.82, 2.24) is 15.2 Å². The Kier molecular flexibility index (Phi) is 4.35. The highest BCUT2D eigenvalue weighted by Crippen LogP contribution is 2.19. The van der Waals surface area contributed by atoms with E-state index in [1.54, 1.807) is 6.20 Å². The van der Waals surface area contributed by atoms with Gasteiger partial charge in [-0.05, 0) is 26.7 Å². The van der Waals surface area contributed by atoms with Gasteiger partial charge in [-0.25, -0.2) is 4.98 Å². The van der Waals surface area contributed by atoms with Gasteiger partial charge in [-0.3, -0.25) is 4.79 Å². The molecule has 2 unspecified atom stereocenters. The molecule has 5 heteroatoms. The lowest BCUT2D eigenvalue weighted by atomic mass is 10.1. The van der Waals surface area contributed by atoms with Gasteiger partial charge in [0.05, 0.1) is 11.2 Å². The molecule has 0 saturated carbocycles. The molecule has 1 aromatic rings. The molecule has 2 heterocycles. The van der Waals surface area contributed by atoms with Crippen molar-refractivity contribution < 1.29 is 4.79 Å². The van der Waals surface area contributed by atoms with E-state index in [1.165, 1.54) is 11.3 Å². The van der Waals surface area contributed by atoms with Crippen LogP contribution in [0.2, 0.25) is 0 Å². The van der Waals surface area contributed by atoms with Crippen molar-refractivity contribution >= 4 is 17.2 Å². The van der Waals surface area contributed by atoms with Gasteiger partial charge in [0.25, 0.3) is 5.91 Å². The Balaban J connectivity index is 2.09. The van der Waals surface area contributed by atoms with Gasteiger partial charge in [0.15, 0.2) is 0 Å². The molecule has 1 saturated heterocycles. The highest BCUT2D eigenvalue weighted by molar-refractivity contribution is 7.13. The van der Waals surface area contributed by atoms with Gasteiger partial charge in [-0.1, -0.05) is 6.92 Å². The highest BCUT2D eigenvalue weighted by atomic mass is 32.1. The van der Waals surface area contributed by atoms with E-state index in [2.05, 4.69) is 31.1 Å². The van der Waals surface area contributed by atoms with Crippen molar-refractivity contribution in [3.05, 3.63) is 16.1 Å². The summed E-state index contributed by atoms with van der Waals surface area (Å²) in [6.45, 7) is 8.01. The monoisotopic (exact) mass is 267 g/mol. The van der Waals surface area contributed by atoms with Crippen molar-refractivity contribution in [3.63, 3.8) is 0 Å². The Bertz CT molecular complexity index is 418. The molecule has 4 nitrogen and oxygen atoms in total. The van der Waals surface area contributed by atoms with Crippen LogP contribution in [-0.4, -0.2) is 41.0 Å². The molecule has 0 bridgehead atoms. The minimum atomic E-state index is 0.135. The molecule has 0 aromatic carbocycles. The lowest BCUT2D eigenvalue weighted by Gasteiger charge is -2.38. The number of amides is 1. The maximum atomic E-state index is 12.4. The molecule has 2 atom stereocenters. The van der Waals surface area contributed by atoms with Gasteiger partial charge in [-0.2, -0.15) is 0 Å². The fourth-order valence-electron chi connectivity index (χ4n) is 2.22. The number of rotatable bonds is 3. The summed E-state index contributed by atoms with van der Waals surface area (Å²) in [7, 11) is 0. The smallest absolute Gasteiger partial charge is 0.265 e. The molecule has 2 rings (SSSR count). The van der Waals surface area contributed by atoms with Crippen LogP contribution in [0.4, 0.5) is 0 Å². The maximum absolute atomic E-state index is 12.4. The van der Waals surface area contributed by atoms with Crippen LogP contribution in [-0.2, 0) is 6.42 Å². The fourth-order valence-corrected chi connectivity index (χ4v) is 3.20. The highest BCUT2D eigenvalue weighted by Gasteiger charge is 2.29. The number of carbonyl (C=O) groups is 1. The van der Waals surface area contributed by atoms with Gasteiger partial charge in [0.1, 0.15) is 4.88 Å². The first-order valence-electron chi connectivity index (χ1n) is 6.62. The van der Waals surface area contributed by atoms with Gasteiger partial charge in [-0.15, -0.1) is 11.3 Å². The molecular weight excluding hydrogens is 246 g/mol. The van der Waals surface area contributed by atoms with Crippen LogP contribution >= 0.6 is 11.3 Å². The van der Waals surface area contributed by atoms with E-state index in [-0.39, 0.29) is 11.9 Å². The molecule has 0 aliphatic carbocycles. The zero-order chi connectivity index (χ0) is 13.1. The predicted molar refractivity (Wildman–Crippen MR) is 74.1 cm³/mol. The van der Waals surface area contributed by atoms with E-state index in [4.69, 9.17) is 0 Å². The summed E-state index contributed by atoms with van der Waals surface area (Å²) in [4.78, 5) is 19.5. The number of aromatic nitrogens is 1. The molecule has 1 aliphatic rings. The fraction of sp³-hybridized carbons (Fsp3) is 0.692. The van der Waals surface area contributed by atoms with E-state index in [1.807, 2.05) is 4.90 Å². The van der Waals surface area contributed by atoms with E-state index < -0.39 is 0 Å². The molecule has 1 N–H and O–H groups in total. The summed E-state index contributed by atoms with van der Waals surface area (Å²) in [6.07, 6.45) is 3.77.